The topological polar surface area (TPSA) is 79.2 Å². The predicted octanol–water partition coefficient (Wildman–Crippen LogP) is 4.78. The van der Waals surface area contributed by atoms with Gasteiger partial charge in [-0.15, -0.1) is 6.42 Å². The summed E-state index contributed by atoms with van der Waals surface area (Å²) in [7, 11) is 0. The minimum atomic E-state index is -1.03. The number of aromatic carboxylic acids is 1. The van der Waals surface area contributed by atoms with E-state index in [0.29, 0.717) is 33.6 Å². The Labute approximate surface area is 186 Å². The molecule has 1 fully saturated rings. The van der Waals surface area contributed by atoms with Gasteiger partial charge in [-0.05, 0) is 61.2 Å². The first-order chi connectivity index (χ1) is 14.4. The number of aliphatic imine (C=N–C) groups is 1. The highest BCUT2D eigenvalue weighted by atomic mass is 79.9. The SMILES string of the molecule is C#CCOc1ccc(Br)cc1/C=C1\SC(=Nc2cccc(C(=O)O)c2)N(CC)C1=O. The maximum absolute atomic E-state index is 12.9. The van der Waals surface area contributed by atoms with Gasteiger partial charge in [0.2, 0.25) is 0 Å². The highest BCUT2D eigenvalue weighted by molar-refractivity contribution is 9.10. The number of benzene rings is 2. The van der Waals surface area contributed by atoms with Gasteiger partial charge in [-0.25, -0.2) is 9.79 Å². The summed E-state index contributed by atoms with van der Waals surface area (Å²) in [4.78, 5) is 30.6. The second-order valence-electron chi connectivity index (χ2n) is 6.08. The Morgan fingerprint density at radius 3 is 2.87 bits per heavy atom. The summed E-state index contributed by atoms with van der Waals surface area (Å²) >= 11 is 4.65. The summed E-state index contributed by atoms with van der Waals surface area (Å²) in [5.74, 6) is 1.78. The van der Waals surface area contributed by atoms with Crippen LogP contribution in [0.15, 0.2) is 56.8 Å². The number of rotatable bonds is 6. The lowest BCUT2D eigenvalue weighted by Crippen LogP contribution is -2.28. The van der Waals surface area contributed by atoms with Gasteiger partial charge in [-0.2, -0.15) is 0 Å². The van der Waals surface area contributed by atoms with Crippen LogP contribution >= 0.6 is 27.7 Å². The Hall–Kier alpha value is -3.02. The first-order valence-electron chi connectivity index (χ1n) is 8.92. The molecule has 0 spiro atoms. The van der Waals surface area contributed by atoms with Gasteiger partial charge < -0.3 is 9.84 Å². The summed E-state index contributed by atoms with van der Waals surface area (Å²) in [5, 5.41) is 9.65. The monoisotopic (exact) mass is 484 g/mol. The number of carbonyl (C=O) groups excluding carboxylic acids is 1. The van der Waals surface area contributed by atoms with E-state index in [1.54, 1.807) is 29.2 Å². The molecule has 30 heavy (non-hydrogen) atoms. The number of likely N-dealkylation sites (N-methyl/N-ethyl adjacent to an activating group) is 1. The summed E-state index contributed by atoms with van der Waals surface area (Å²) in [6, 6.07) is 11.7. The van der Waals surface area contributed by atoms with E-state index in [1.165, 1.54) is 23.9 Å². The van der Waals surface area contributed by atoms with E-state index in [-0.39, 0.29) is 18.1 Å². The number of halogens is 1. The Morgan fingerprint density at radius 2 is 2.17 bits per heavy atom. The maximum Gasteiger partial charge on any atom is 0.335 e. The fourth-order valence-electron chi connectivity index (χ4n) is 2.71. The predicted molar refractivity (Wildman–Crippen MR) is 122 cm³/mol. The summed E-state index contributed by atoms with van der Waals surface area (Å²) in [6.07, 6.45) is 7.02. The summed E-state index contributed by atoms with van der Waals surface area (Å²) in [5.41, 5.74) is 1.31. The molecule has 2 aromatic rings. The number of nitrogens with zero attached hydrogens (tertiary/aromatic N) is 2. The van der Waals surface area contributed by atoms with Crippen molar-refractivity contribution in [3.8, 4) is 18.1 Å². The fourth-order valence-corrected chi connectivity index (χ4v) is 4.15. The van der Waals surface area contributed by atoms with Crippen LogP contribution in [0.5, 0.6) is 5.75 Å². The van der Waals surface area contributed by atoms with Crippen LogP contribution in [0, 0.1) is 12.3 Å². The minimum Gasteiger partial charge on any atom is -0.480 e. The fraction of sp³-hybridized carbons (Fsp3) is 0.136. The van der Waals surface area contributed by atoms with E-state index >= 15 is 0 Å². The van der Waals surface area contributed by atoms with Gasteiger partial charge in [-0.3, -0.25) is 9.69 Å². The number of carboxylic acid groups (broad SMARTS) is 1. The zero-order valence-electron chi connectivity index (χ0n) is 16.0. The van der Waals surface area contributed by atoms with Crippen LogP contribution in [0.1, 0.15) is 22.8 Å². The lowest BCUT2D eigenvalue weighted by molar-refractivity contribution is -0.122. The maximum atomic E-state index is 12.9. The molecule has 1 aliphatic rings. The van der Waals surface area contributed by atoms with Gasteiger partial charge in [0.1, 0.15) is 12.4 Å². The quantitative estimate of drug-likeness (QED) is 0.471. The molecule has 1 saturated heterocycles. The third-order valence-electron chi connectivity index (χ3n) is 4.09. The van der Waals surface area contributed by atoms with Crippen molar-refractivity contribution in [3.63, 3.8) is 0 Å². The zero-order chi connectivity index (χ0) is 21.7. The van der Waals surface area contributed by atoms with Crippen LogP contribution in [0.25, 0.3) is 6.08 Å². The van der Waals surface area contributed by atoms with Crippen molar-refractivity contribution < 1.29 is 19.4 Å². The molecule has 0 aromatic heterocycles. The second kappa shape index (κ2) is 9.65. The largest absolute Gasteiger partial charge is 0.480 e. The van der Waals surface area contributed by atoms with Crippen molar-refractivity contribution >= 4 is 56.5 Å². The number of ether oxygens (including phenoxy) is 1. The Morgan fingerprint density at radius 1 is 1.37 bits per heavy atom. The molecule has 1 amide bonds. The van der Waals surface area contributed by atoms with E-state index in [4.69, 9.17) is 11.2 Å². The number of hydrogen-bond acceptors (Lipinski definition) is 5. The number of thioether (sulfide) groups is 1. The first-order valence-corrected chi connectivity index (χ1v) is 10.5. The third kappa shape index (κ3) is 4.93. The number of carbonyl (C=O) groups is 2. The van der Waals surface area contributed by atoms with Crippen molar-refractivity contribution in [1.29, 1.82) is 0 Å². The molecule has 1 aliphatic heterocycles. The van der Waals surface area contributed by atoms with Gasteiger partial charge in [0, 0.05) is 16.6 Å². The summed E-state index contributed by atoms with van der Waals surface area (Å²) in [6.45, 7) is 2.40. The van der Waals surface area contributed by atoms with E-state index < -0.39 is 5.97 Å². The standard InChI is InChI=1S/C22H17BrN2O4S/c1-3-10-29-18-9-8-16(23)11-15(18)13-19-20(26)25(4-2)22(30-19)24-17-7-5-6-14(12-17)21(27)28/h1,5-9,11-13H,4,10H2,2H3,(H,27,28)/b19-13-,24-22?. The Bertz CT molecular complexity index is 1100. The molecule has 3 rings (SSSR count). The molecule has 6 nitrogen and oxygen atoms in total. The first kappa shape index (κ1) is 21.7. The molecule has 8 heteroatoms. The molecule has 1 N–H and O–H groups in total. The van der Waals surface area contributed by atoms with Crippen LogP contribution in [0.2, 0.25) is 0 Å². The molecule has 0 saturated carbocycles. The highest BCUT2D eigenvalue weighted by Crippen LogP contribution is 2.36. The van der Waals surface area contributed by atoms with Crippen molar-refractivity contribution in [1.82, 2.24) is 4.90 Å². The highest BCUT2D eigenvalue weighted by Gasteiger charge is 2.32. The number of carboxylic acids is 1. The molecule has 2 aromatic carbocycles. The molecule has 152 valence electrons. The van der Waals surface area contributed by atoms with Crippen LogP contribution in [0.3, 0.4) is 0 Å². The van der Waals surface area contributed by atoms with Gasteiger partial charge in [0.25, 0.3) is 5.91 Å². The van der Waals surface area contributed by atoms with E-state index in [0.717, 1.165) is 4.47 Å². The van der Waals surface area contributed by atoms with Gasteiger partial charge in [-0.1, -0.05) is 27.9 Å². The Balaban J connectivity index is 1.97. The normalized spacial score (nSPS) is 16.2. The van der Waals surface area contributed by atoms with Crippen molar-refractivity contribution in [2.24, 2.45) is 4.99 Å². The van der Waals surface area contributed by atoms with Crippen LogP contribution in [0.4, 0.5) is 5.69 Å². The van der Waals surface area contributed by atoms with E-state index in [2.05, 4.69) is 26.8 Å². The lowest BCUT2D eigenvalue weighted by Gasteiger charge is -2.12. The smallest absolute Gasteiger partial charge is 0.335 e. The van der Waals surface area contributed by atoms with Crippen molar-refractivity contribution in [2.75, 3.05) is 13.2 Å². The average Bonchev–Trinajstić information content (AvgIpc) is 3.01. The number of terminal acetylenes is 1. The molecule has 0 bridgehead atoms. The molecule has 1 heterocycles. The zero-order valence-corrected chi connectivity index (χ0v) is 18.4. The van der Waals surface area contributed by atoms with Crippen LogP contribution in [-0.4, -0.2) is 40.2 Å². The molecule has 0 atom stereocenters. The number of hydrogen-bond donors (Lipinski definition) is 1. The van der Waals surface area contributed by atoms with E-state index in [9.17, 15) is 14.7 Å². The van der Waals surface area contributed by atoms with Crippen LogP contribution in [-0.2, 0) is 4.79 Å². The summed E-state index contributed by atoms with van der Waals surface area (Å²) < 4.78 is 6.41. The van der Waals surface area contributed by atoms with Crippen molar-refractivity contribution in [2.45, 2.75) is 6.92 Å². The molecule has 0 radical (unpaired) electrons. The van der Waals surface area contributed by atoms with E-state index in [1.807, 2.05) is 19.1 Å². The molecular weight excluding hydrogens is 468 g/mol. The average molecular weight is 485 g/mol. The molecule has 0 aliphatic carbocycles. The second-order valence-corrected chi connectivity index (χ2v) is 8.01. The van der Waals surface area contributed by atoms with Crippen molar-refractivity contribution in [3.05, 3.63) is 63.0 Å². The number of amidine groups is 1. The minimum absolute atomic E-state index is 0.118. The molecule has 0 unspecified atom stereocenters. The Kier molecular flexibility index (Phi) is 6.98. The number of amides is 1. The molecular formula is C22H17BrN2O4S. The lowest BCUT2D eigenvalue weighted by atomic mass is 10.2. The van der Waals surface area contributed by atoms with Gasteiger partial charge >= 0.3 is 5.97 Å². The van der Waals surface area contributed by atoms with Gasteiger partial charge in [0.05, 0.1) is 16.2 Å². The van der Waals surface area contributed by atoms with Crippen LogP contribution < -0.4 is 4.74 Å². The third-order valence-corrected chi connectivity index (χ3v) is 5.59. The van der Waals surface area contributed by atoms with Gasteiger partial charge in [0.15, 0.2) is 5.17 Å².